The molecule has 5 heteroatoms. The van der Waals surface area contributed by atoms with Crippen molar-refractivity contribution in [2.24, 2.45) is 5.92 Å². The Bertz CT molecular complexity index is 478. The number of β-amino-alcohol motifs (C(OH)–C–C–N with tert-alkyl or cyclic N) is 1. The van der Waals surface area contributed by atoms with E-state index in [1.165, 1.54) is 12.1 Å². The lowest BCUT2D eigenvalue weighted by atomic mass is 9.88. The highest BCUT2D eigenvalue weighted by Gasteiger charge is 2.38. The van der Waals surface area contributed by atoms with Gasteiger partial charge < -0.3 is 9.84 Å². The fraction of sp³-hybridized carbons (Fsp3) is 0.562. The number of hydrogen-bond acceptors (Lipinski definition) is 4. The van der Waals surface area contributed by atoms with Gasteiger partial charge in [-0.3, -0.25) is 10.1 Å². The second kappa shape index (κ2) is 7.52. The van der Waals surface area contributed by atoms with Crippen molar-refractivity contribution in [3.05, 3.63) is 35.6 Å². The number of aliphatic hydroxyl groups excluding tert-OH is 1. The lowest BCUT2D eigenvalue weighted by Crippen LogP contribution is -2.55. The van der Waals surface area contributed by atoms with Crippen LogP contribution in [-0.2, 0) is 9.53 Å². The first-order valence-electron chi connectivity index (χ1n) is 7.17. The molecule has 2 N–H and O–H groups in total. The van der Waals surface area contributed by atoms with Gasteiger partial charge in [0.2, 0.25) is 0 Å². The molecule has 1 aromatic carbocycles. The van der Waals surface area contributed by atoms with Crippen LogP contribution in [0.1, 0.15) is 39.4 Å². The van der Waals surface area contributed by atoms with Crippen molar-refractivity contribution in [3.8, 4) is 0 Å². The van der Waals surface area contributed by atoms with Gasteiger partial charge in [-0.25, -0.2) is 4.39 Å². The maximum atomic E-state index is 13.6. The van der Waals surface area contributed by atoms with Crippen LogP contribution >= 0.6 is 0 Å². The van der Waals surface area contributed by atoms with Gasteiger partial charge in [0.05, 0.1) is 12.7 Å². The van der Waals surface area contributed by atoms with Gasteiger partial charge in [-0.05, 0) is 25.8 Å². The molecule has 4 nitrogen and oxygen atoms in total. The van der Waals surface area contributed by atoms with Crippen LogP contribution in [0.5, 0.6) is 0 Å². The first kappa shape index (κ1) is 17.6. The third-order valence-electron chi connectivity index (χ3n) is 3.78. The Hall–Kier alpha value is -1.46. The predicted molar refractivity (Wildman–Crippen MR) is 79.2 cm³/mol. The maximum absolute atomic E-state index is 13.6. The van der Waals surface area contributed by atoms with Crippen molar-refractivity contribution in [3.63, 3.8) is 0 Å². The molecule has 0 aliphatic heterocycles. The maximum Gasteiger partial charge on any atom is 0.326 e. The lowest BCUT2D eigenvalue weighted by Gasteiger charge is -2.33. The molecule has 0 heterocycles. The molecule has 0 aliphatic carbocycles. The number of hydrogen-bond donors (Lipinski definition) is 2. The first-order valence-corrected chi connectivity index (χ1v) is 7.17. The van der Waals surface area contributed by atoms with Crippen LogP contribution in [0.2, 0.25) is 0 Å². The normalized spacial score (nSPS) is 15.6. The number of esters is 1. The van der Waals surface area contributed by atoms with Crippen molar-refractivity contribution in [1.82, 2.24) is 5.32 Å². The van der Waals surface area contributed by atoms with Crippen LogP contribution in [0.4, 0.5) is 4.39 Å². The molecule has 118 valence electrons. The van der Waals surface area contributed by atoms with Crippen LogP contribution in [0, 0.1) is 11.7 Å². The Morgan fingerprint density at radius 3 is 2.57 bits per heavy atom. The molecule has 0 radical (unpaired) electrons. The van der Waals surface area contributed by atoms with E-state index in [0.29, 0.717) is 6.61 Å². The van der Waals surface area contributed by atoms with E-state index in [1.807, 2.05) is 13.8 Å². The topological polar surface area (TPSA) is 58.6 Å². The highest BCUT2D eigenvalue weighted by atomic mass is 19.1. The summed E-state index contributed by atoms with van der Waals surface area (Å²) in [6, 6.07) is 6.05. The highest BCUT2D eigenvalue weighted by Crippen LogP contribution is 2.21. The molecule has 0 spiro atoms. The van der Waals surface area contributed by atoms with Crippen molar-refractivity contribution in [1.29, 1.82) is 0 Å². The molecule has 2 unspecified atom stereocenters. The molecular weight excluding hydrogens is 273 g/mol. The number of nitrogens with one attached hydrogen (secondary N) is 1. The van der Waals surface area contributed by atoms with Crippen molar-refractivity contribution in [2.45, 2.75) is 39.3 Å². The van der Waals surface area contributed by atoms with Crippen LogP contribution in [0.3, 0.4) is 0 Å². The quantitative estimate of drug-likeness (QED) is 0.759. The Labute approximate surface area is 125 Å². The van der Waals surface area contributed by atoms with Crippen LogP contribution in [0.25, 0.3) is 0 Å². The zero-order chi connectivity index (χ0) is 16.0. The SMILES string of the molecule is CCOC(=O)C(C)(NCC(O)c1ccccc1F)C(C)C. The fourth-order valence-electron chi connectivity index (χ4n) is 1.96. The van der Waals surface area contributed by atoms with Crippen molar-refractivity contribution >= 4 is 5.97 Å². The molecule has 1 aromatic rings. The van der Waals surface area contributed by atoms with E-state index in [0.717, 1.165) is 0 Å². The van der Waals surface area contributed by atoms with E-state index < -0.39 is 17.5 Å². The van der Waals surface area contributed by atoms with Gasteiger partial charge in [0, 0.05) is 12.1 Å². The van der Waals surface area contributed by atoms with Gasteiger partial charge in [-0.1, -0.05) is 32.0 Å². The molecule has 0 aromatic heterocycles. The second-order valence-electron chi connectivity index (χ2n) is 5.50. The molecule has 21 heavy (non-hydrogen) atoms. The molecule has 0 amide bonds. The summed E-state index contributed by atoms with van der Waals surface area (Å²) in [6.45, 7) is 7.60. The smallest absolute Gasteiger partial charge is 0.326 e. The average Bonchev–Trinajstić information content (AvgIpc) is 2.44. The van der Waals surface area contributed by atoms with E-state index in [9.17, 15) is 14.3 Å². The summed E-state index contributed by atoms with van der Waals surface area (Å²) < 4.78 is 18.7. The minimum Gasteiger partial charge on any atom is -0.465 e. The van der Waals surface area contributed by atoms with Crippen molar-refractivity contribution < 1.29 is 19.0 Å². The number of ether oxygens (including phenoxy) is 1. The van der Waals surface area contributed by atoms with Gasteiger partial charge in [0.1, 0.15) is 11.4 Å². The summed E-state index contributed by atoms with van der Waals surface area (Å²) in [4.78, 5) is 12.1. The van der Waals surface area contributed by atoms with Gasteiger partial charge in [-0.2, -0.15) is 0 Å². The Morgan fingerprint density at radius 2 is 2.05 bits per heavy atom. The zero-order valence-corrected chi connectivity index (χ0v) is 13.0. The number of rotatable bonds is 7. The number of carbonyl (C=O) groups is 1. The third-order valence-corrected chi connectivity index (χ3v) is 3.78. The Kier molecular flexibility index (Phi) is 6.30. The van der Waals surface area contributed by atoms with E-state index in [4.69, 9.17) is 4.74 Å². The molecular formula is C16H24FNO3. The molecule has 0 saturated carbocycles. The van der Waals surface area contributed by atoms with E-state index in [-0.39, 0.29) is 24.0 Å². The van der Waals surface area contributed by atoms with Gasteiger partial charge in [0.25, 0.3) is 0 Å². The standard InChI is InChI=1S/C16H24FNO3/c1-5-21-15(20)16(4,11(2)3)18-10-14(19)12-8-6-7-9-13(12)17/h6-9,11,14,18-19H,5,10H2,1-4H3. The van der Waals surface area contributed by atoms with E-state index in [1.54, 1.807) is 26.0 Å². The van der Waals surface area contributed by atoms with Crippen LogP contribution < -0.4 is 5.32 Å². The summed E-state index contributed by atoms with van der Waals surface area (Å²) in [6.07, 6.45) is -1.03. The molecule has 0 aliphatic rings. The van der Waals surface area contributed by atoms with Crippen molar-refractivity contribution in [2.75, 3.05) is 13.2 Å². The predicted octanol–water partition coefficient (Wildman–Crippen LogP) is 2.43. The fourth-order valence-corrected chi connectivity index (χ4v) is 1.96. The summed E-state index contributed by atoms with van der Waals surface area (Å²) >= 11 is 0. The van der Waals surface area contributed by atoms with Crippen LogP contribution in [-0.4, -0.2) is 29.8 Å². The molecule has 1 rings (SSSR count). The monoisotopic (exact) mass is 297 g/mol. The average molecular weight is 297 g/mol. The largest absolute Gasteiger partial charge is 0.465 e. The third kappa shape index (κ3) is 4.25. The number of halogens is 1. The number of benzene rings is 1. The zero-order valence-electron chi connectivity index (χ0n) is 13.0. The second-order valence-corrected chi connectivity index (χ2v) is 5.50. The summed E-state index contributed by atoms with van der Waals surface area (Å²) in [5.41, 5.74) is -0.720. The highest BCUT2D eigenvalue weighted by molar-refractivity contribution is 5.80. The summed E-state index contributed by atoms with van der Waals surface area (Å²) in [7, 11) is 0. The molecule has 0 bridgehead atoms. The lowest BCUT2D eigenvalue weighted by molar-refractivity contribution is -0.152. The minimum absolute atomic E-state index is 0.0376. The molecule has 0 fully saturated rings. The van der Waals surface area contributed by atoms with E-state index in [2.05, 4.69) is 5.32 Å². The Morgan fingerprint density at radius 1 is 1.43 bits per heavy atom. The first-order chi connectivity index (χ1) is 9.82. The van der Waals surface area contributed by atoms with Gasteiger partial charge in [-0.15, -0.1) is 0 Å². The number of aliphatic hydroxyl groups is 1. The van der Waals surface area contributed by atoms with E-state index >= 15 is 0 Å². The van der Waals surface area contributed by atoms with Gasteiger partial charge >= 0.3 is 5.97 Å². The van der Waals surface area contributed by atoms with Gasteiger partial charge in [0.15, 0.2) is 0 Å². The van der Waals surface area contributed by atoms with Crippen LogP contribution in [0.15, 0.2) is 24.3 Å². The molecule has 2 atom stereocenters. The molecule has 0 saturated heterocycles. The minimum atomic E-state index is -1.03. The summed E-state index contributed by atoms with van der Waals surface area (Å²) in [5.74, 6) is -0.876. The summed E-state index contributed by atoms with van der Waals surface area (Å²) in [5, 5.41) is 13.1. The Balaban J connectivity index is 2.78. The number of carbonyl (C=O) groups excluding carboxylic acids is 1.